The van der Waals surface area contributed by atoms with Crippen molar-refractivity contribution in [2.75, 3.05) is 0 Å². The molecule has 0 N–H and O–H groups in total. The van der Waals surface area contributed by atoms with Gasteiger partial charge in [-0.05, 0) is 37.6 Å². The van der Waals surface area contributed by atoms with E-state index in [0.717, 1.165) is 27.0 Å². The first-order valence-corrected chi connectivity index (χ1v) is 11.3. The molecule has 5 aromatic rings. The summed E-state index contributed by atoms with van der Waals surface area (Å²) in [6, 6.07) is 13.5. The van der Waals surface area contributed by atoms with Gasteiger partial charge in [-0.1, -0.05) is 41.3 Å². The number of para-hydroxylation sites is 1. The summed E-state index contributed by atoms with van der Waals surface area (Å²) >= 11 is 2.88. The maximum atomic E-state index is 12.4. The molecular weight excluding hydrogens is 430 g/mol. The third-order valence-electron chi connectivity index (χ3n) is 4.66. The maximum Gasteiger partial charge on any atom is 0.275 e. The Bertz CT molecular complexity index is 1440. The second-order valence-corrected chi connectivity index (χ2v) is 8.96. The van der Waals surface area contributed by atoms with Crippen molar-refractivity contribution in [1.29, 1.82) is 0 Å². The van der Waals surface area contributed by atoms with E-state index < -0.39 is 0 Å². The van der Waals surface area contributed by atoms with Gasteiger partial charge in [-0.3, -0.25) is 14.3 Å². The van der Waals surface area contributed by atoms with Crippen molar-refractivity contribution in [3.8, 4) is 17.1 Å². The highest BCUT2D eigenvalue weighted by Gasteiger charge is 2.18. The fourth-order valence-electron chi connectivity index (χ4n) is 3.24. The molecule has 0 aliphatic carbocycles. The number of rotatable bonds is 5. The number of hydrogen-bond acceptors (Lipinski definition) is 8. The van der Waals surface area contributed by atoms with Crippen LogP contribution in [0.1, 0.15) is 16.3 Å². The first kappa shape index (κ1) is 19.6. The van der Waals surface area contributed by atoms with Gasteiger partial charge in [0.25, 0.3) is 5.56 Å². The number of pyridine rings is 1. The molecule has 1 aromatic carbocycles. The lowest BCUT2D eigenvalue weighted by atomic mass is 10.2. The molecule has 0 radical (unpaired) electrons. The van der Waals surface area contributed by atoms with Crippen LogP contribution in [0.25, 0.3) is 22.0 Å². The van der Waals surface area contributed by atoms with E-state index in [2.05, 4.69) is 38.3 Å². The Morgan fingerprint density at radius 1 is 1.10 bits per heavy atom. The van der Waals surface area contributed by atoms with Crippen LogP contribution >= 0.6 is 23.1 Å². The normalized spacial score (nSPS) is 11.3. The quantitative estimate of drug-likeness (QED) is 0.379. The van der Waals surface area contributed by atoms with Crippen molar-refractivity contribution < 1.29 is 0 Å². The van der Waals surface area contributed by atoms with Crippen molar-refractivity contribution in [3.63, 3.8) is 0 Å². The van der Waals surface area contributed by atoms with Gasteiger partial charge in [-0.2, -0.15) is 9.61 Å². The van der Waals surface area contributed by atoms with Crippen LogP contribution in [0.4, 0.5) is 0 Å². The third kappa shape index (κ3) is 3.75. The molecule has 5 rings (SSSR count). The van der Waals surface area contributed by atoms with Crippen LogP contribution in [0.3, 0.4) is 0 Å². The minimum atomic E-state index is -0.179. The number of hydrogen-bond donors (Lipinski definition) is 0. The molecule has 0 amide bonds. The molecule has 0 fully saturated rings. The highest BCUT2D eigenvalue weighted by atomic mass is 32.2. The molecule has 0 spiro atoms. The van der Waals surface area contributed by atoms with Crippen LogP contribution in [-0.4, -0.2) is 34.3 Å². The maximum absolute atomic E-state index is 12.4. The van der Waals surface area contributed by atoms with E-state index in [-0.39, 0.29) is 5.56 Å². The van der Waals surface area contributed by atoms with Gasteiger partial charge in [-0.15, -0.1) is 10.2 Å². The van der Waals surface area contributed by atoms with E-state index >= 15 is 0 Å². The van der Waals surface area contributed by atoms with Crippen molar-refractivity contribution in [1.82, 2.24) is 34.3 Å². The van der Waals surface area contributed by atoms with Gasteiger partial charge in [0.15, 0.2) is 11.0 Å². The van der Waals surface area contributed by atoms with E-state index in [1.54, 1.807) is 12.4 Å². The Labute approximate surface area is 185 Å². The minimum Gasteiger partial charge on any atom is -0.270 e. The van der Waals surface area contributed by atoms with Crippen LogP contribution in [0, 0.1) is 13.8 Å². The summed E-state index contributed by atoms with van der Waals surface area (Å²) in [5.41, 5.74) is 3.48. The minimum absolute atomic E-state index is 0.179. The molecule has 0 atom stereocenters. The van der Waals surface area contributed by atoms with Crippen LogP contribution in [0.5, 0.6) is 0 Å². The molecular formula is C21H17N7OS2. The summed E-state index contributed by atoms with van der Waals surface area (Å²) in [6.07, 6.45) is 3.50. The highest BCUT2D eigenvalue weighted by Crippen LogP contribution is 2.30. The average Bonchev–Trinajstić information content (AvgIpc) is 3.36. The molecule has 4 aromatic heterocycles. The van der Waals surface area contributed by atoms with Gasteiger partial charge >= 0.3 is 0 Å². The van der Waals surface area contributed by atoms with Gasteiger partial charge < -0.3 is 0 Å². The molecule has 0 unspecified atom stereocenters. The Kier molecular flexibility index (Phi) is 5.08. The lowest BCUT2D eigenvalue weighted by Gasteiger charge is -2.12. The largest absolute Gasteiger partial charge is 0.275 e. The van der Waals surface area contributed by atoms with Gasteiger partial charge in [0.1, 0.15) is 5.01 Å². The fraction of sp³-hybridized carbons (Fsp3) is 0.143. The molecule has 0 saturated carbocycles. The first-order valence-electron chi connectivity index (χ1n) is 9.51. The van der Waals surface area contributed by atoms with Crippen LogP contribution in [0.15, 0.2) is 64.8 Å². The summed E-state index contributed by atoms with van der Waals surface area (Å²) in [5, 5.41) is 14.6. The smallest absolute Gasteiger partial charge is 0.270 e. The lowest BCUT2D eigenvalue weighted by molar-refractivity contribution is 0.867. The van der Waals surface area contributed by atoms with Crippen LogP contribution < -0.4 is 5.56 Å². The second kappa shape index (κ2) is 8.05. The Hall–Kier alpha value is -3.37. The van der Waals surface area contributed by atoms with Gasteiger partial charge in [0, 0.05) is 29.8 Å². The Balaban J connectivity index is 1.55. The monoisotopic (exact) mass is 447 g/mol. The molecule has 0 aliphatic rings. The summed E-state index contributed by atoms with van der Waals surface area (Å²) in [6.45, 7) is 3.91. The molecule has 0 aliphatic heterocycles. The van der Waals surface area contributed by atoms with Crippen molar-refractivity contribution in [2.24, 2.45) is 0 Å². The second-order valence-electron chi connectivity index (χ2n) is 6.86. The van der Waals surface area contributed by atoms with E-state index in [0.29, 0.717) is 22.2 Å². The van der Waals surface area contributed by atoms with Crippen LogP contribution in [-0.2, 0) is 5.75 Å². The number of thioether (sulfide) groups is 1. The van der Waals surface area contributed by atoms with Crippen molar-refractivity contribution in [3.05, 3.63) is 81.5 Å². The lowest BCUT2D eigenvalue weighted by Crippen LogP contribution is -2.15. The zero-order valence-corrected chi connectivity index (χ0v) is 18.4. The predicted octanol–water partition coefficient (Wildman–Crippen LogP) is 3.70. The third-order valence-corrected chi connectivity index (χ3v) is 6.44. The van der Waals surface area contributed by atoms with Crippen molar-refractivity contribution in [2.45, 2.75) is 24.8 Å². The fourth-order valence-corrected chi connectivity index (χ4v) is 4.85. The molecule has 0 saturated heterocycles. The number of nitrogens with zero attached hydrogens (tertiary/aromatic N) is 7. The Morgan fingerprint density at radius 2 is 1.97 bits per heavy atom. The number of fused-ring (bicyclic) bond motifs is 1. The summed E-state index contributed by atoms with van der Waals surface area (Å²) < 4.78 is 3.36. The van der Waals surface area contributed by atoms with Gasteiger partial charge in [0.05, 0.1) is 11.4 Å². The molecule has 8 nitrogen and oxygen atoms in total. The Morgan fingerprint density at radius 3 is 2.77 bits per heavy atom. The van der Waals surface area contributed by atoms with Gasteiger partial charge in [0.2, 0.25) is 4.96 Å². The number of aromatic nitrogens is 7. The SMILES string of the molecule is Cc1nn2c(=O)cc(CSc3nnc(-c4cccnc4)n3-c3ccccc3C)nc2s1. The molecule has 154 valence electrons. The summed E-state index contributed by atoms with van der Waals surface area (Å²) in [4.78, 5) is 21.8. The van der Waals surface area contributed by atoms with Gasteiger partial charge in [-0.25, -0.2) is 4.98 Å². The topological polar surface area (TPSA) is 90.9 Å². The zero-order valence-electron chi connectivity index (χ0n) is 16.8. The number of benzene rings is 1. The van der Waals surface area contributed by atoms with E-state index in [1.807, 2.05) is 41.8 Å². The zero-order chi connectivity index (χ0) is 21.4. The molecule has 31 heavy (non-hydrogen) atoms. The standard InChI is InChI=1S/C21H17N7OS2/c1-13-6-3-4-8-17(13)27-19(15-7-5-9-22-11-15)24-25-21(27)30-12-16-10-18(29)28-20(23-16)31-14(2)26-28/h3-11H,12H2,1-2H3. The molecule has 0 bridgehead atoms. The van der Waals surface area contributed by atoms with Crippen molar-refractivity contribution >= 4 is 28.1 Å². The summed E-state index contributed by atoms with van der Waals surface area (Å²) in [7, 11) is 0. The molecule has 4 heterocycles. The highest BCUT2D eigenvalue weighted by molar-refractivity contribution is 7.98. The van der Waals surface area contributed by atoms with E-state index in [4.69, 9.17) is 0 Å². The summed E-state index contributed by atoms with van der Waals surface area (Å²) in [5.74, 6) is 1.20. The van der Waals surface area contributed by atoms with Crippen LogP contribution in [0.2, 0.25) is 0 Å². The first-order chi connectivity index (χ1) is 15.1. The molecule has 10 heteroatoms. The predicted molar refractivity (Wildman–Crippen MR) is 121 cm³/mol. The average molecular weight is 448 g/mol. The van der Waals surface area contributed by atoms with E-state index in [1.165, 1.54) is 33.7 Å². The number of aryl methyl sites for hydroxylation is 2. The van der Waals surface area contributed by atoms with E-state index in [9.17, 15) is 4.79 Å².